The van der Waals surface area contributed by atoms with E-state index in [9.17, 15) is 63.0 Å². The van der Waals surface area contributed by atoms with E-state index in [1.807, 2.05) is 27.7 Å². The van der Waals surface area contributed by atoms with Gasteiger partial charge in [0.2, 0.25) is 53.2 Å². The van der Waals surface area contributed by atoms with E-state index in [0.29, 0.717) is 45.2 Å². The molecule has 0 aromatic carbocycles. The minimum absolute atomic E-state index is 0.00653. The van der Waals surface area contributed by atoms with Crippen LogP contribution in [0.25, 0.3) is 0 Å². The summed E-state index contributed by atoms with van der Waals surface area (Å²) in [6, 6.07) is -10.8. The molecular formula is C51H87N11O13. The van der Waals surface area contributed by atoms with Gasteiger partial charge < -0.3 is 68.3 Å². The van der Waals surface area contributed by atoms with E-state index in [1.54, 1.807) is 27.7 Å². The highest BCUT2D eigenvalue weighted by Gasteiger charge is 2.44. The van der Waals surface area contributed by atoms with Crippen LogP contribution in [0.1, 0.15) is 146 Å². The van der Waals surface area contributed by atoms with Crippen LogP contribution >= 0.6 is 0 Å². The smallest absolute Gasteiger partial charge is 0.326 e. The summed E-state index contributed by atoms with van der Waals surface area (Å²) in [7, 11) is 0. The molecule has 3 aliphatic heterocycles. The number of hydrogen-bond acceptors (Lipinski definition) is 13. The molecule has 0 aliphatic carbocycles. The lowest BCUT2D eigenvalue weighted by Crippen LogP contribution is -2.61. The maximum atomic E-state index is 14.4. The Morgan fingerprint density at radius 1 is 0.533 bits per heavy atom. The van der Waals surface area contributed by atoms with Crippen LogP contribution in [0, 0.1) is 23.7 Å². The molecule has 0 spiro atoms. The Kier molecular flexibility index (Phi) is 25.9. The molecule has 24 nitrogen and oxygen atoms in total. The second kappa shape index (κ2) is 30.6. The number of carbonyl (C=O) groups is 11. The second-order valence-electron chi connectivity index (χ2n) is 21.8. The van der Waals surface area contributed by atoms with Crippen LogP contribution in [0.3, 0.4) is 0 Å². The standard InChI is InChI=1S/C51H87N11O13/c1-27(2)25-35(57-43(66)32-16-12-22-53-32)44(67)54-31(9)42(65)55-33(19-20-39(63)64)49(72)61-23-13-18-38(61)47(70)60-41(30(7)8)50(73)62-24-14-17-37(62)46(69)58-36(26-28(3)4)45(68)59-40(29(5)6)48(71)56-34(51(74)75)15-10-11-21-52/h27-38,40-41,53H,10-26,52H2,1-9H3,(H,54,67)(H,55,65)(H,56,71)(H,57,66)(H,58,69)(H,59,68)(H,60,70)(H,63,64)(H,74,75)/t31-,32-,33-,34-,35-,36-,37-,38-,40-,41-/m0/s1. The third kappa shape index (κ3) is 19.6. The van der Waals surface area contributed by atoms with Crippen LogP contribution in [0.4, 0.5) is 0 Å². The van der Waals surface area contributed by atoms with E-state index < -0.39 is 138 Å². The Labute approximate surface area is 441 Å². The molecule has 3 rings (SSSR count). The first-order valence-electron chi connectivity index (χ1n) is 26.9. The van der Waals surface area contributed by atoms with Crippen molar-refractivity contribution in [1.29, 1.82) is 0 Å². The summed E-state index contributed by atoms with van der Waals surface area (Å²) in [4.78, 5) is 150. The Morgan fingerprint density at radius 3 is 1.55 bits per heavy atom. The number of likely N-dealkylation sites (tertiary alicyclic amines) is 2. The zero-order chi connectivity index (χ0) is 56.3. The van der Waals surface area contributed by atoms with Gasteiger partial charge in [-0.2, -0.15) is 0 Å². The third-order valence-corrected chi connectivity index (χ3v) is 13.8. The largest absolute Gasteiger partial charge is 0.481 e. The van der Waals surface area contributed by atoms with Crippen molar-refractivity contribution < 1.29 is 63.0 Å². The molecule has 0 saturated carbocycles. The fourth-order valence-electron chi connectivity index (χ4n) is 9.60. The van der Waals surface area contributed by atoms with E-state index in [-0.39, 0.29) is 69.4 Å². The fraction of sp³-hybridized carbons (Fsp3) is 0.784. The van der Waals surface area contributed by atoms with E-state index in [4.69, 9.17) is 5.73 Å². The quantitative estimate of drug-likeness (QED) is 0.0409. The molecule has 3 heterocycles. The summed E-state index contributed by atoms with van der Waals surface area (Å²) in [5.74, 6) is -9.26. The number of carboxylic acids is 2. The van der Waals surface area contributed by atoms with Crippen molar-refractivity contribution in [2.45, 2.75) is 206 Å². The van der Waals surface area contributed by atoms with Crippen molar-refractivity contribution in [2.24, 2.45) is 29.4 Å². The van der Waals surface area contributed by atoms with E-state index in [1.165, 1.54) is 16.7 Å². The summed E-state index contributed by atoms with van der Waals surface area (Å²) in [5.41, 5.74) is 5.55. The van der Waals surface area contributed by atoms with Crippen LogP contribution in [0.15, 0.2) is 0 Å². The summed E-state index contributed by atoms with van der Waals surface area (Å²) in [5, 5.41) is 41.2. The highest BCUT2D eigenvalue weighted by atomic mass is 16.4. The average molecular weight is 1060 g/mol. The normalized spacial score (nSPS) is 20.4. The predicted octanol–water partition coefficient (Wildman–Crippen LogP) is -0.384. The van der Waals surface area contributed by atoms with Gasteiger partial charge in [0.05, 0.1) is 6.04 Å². The maximum absolute atomic E-state index is 14.4. The number of nitrogens with zero attached hydrogens (tertiary/aromatic N) is 2. The number of nitrogens with one attached hydrogen (secondary N) is 8. The van der Waals surface area contributed by atoms with Gasteiger partial charge in [0, 0.05) is 19.5 Å². The number of carbonyl (C=O) groups excluding carboxylic acids is 9. The molecule has 424 valence electrons. The number of carboxylic acid groups (broad SMARTS) is 2. The molecule has 3 saturated heterocycles. The molecule has 3 fully saturated rings. The number of amides is 9. The van der Waals surface area contributed by atoms with Crippen molar-refractivity contribution in [3.05, 3.63) is 0 Å². The van der Waals surface area contributed by atoms with Crippen molar-refractivity contribution in [1.82, 2.24) is 52.3 Å². The highest BCUT2D eigenvalue weighted by Crippen LogP contribution is 2.24. The number of unbranched alkanes of at least 4 members (excludes halogenated alkanes) is 1. The van der Waals surface area contributed by atoms with Crippen LogP contribution in [-0.2, 0) is 52.7 Å². The molecule has 24 heteroatoms. The maximum Gasteiger partial charge on any atom is 0.326 e. The first kappa shape index (κ1) is 63.4. The number of hydrogen-bond donors (Lipinski definition) is 11. The third-order valence-electron chi connectivity index (χ3n) is 13.8. The molecule has 3 aliphatic rings. The molecule has 10 atom stereocenters. The van der Waals surface area contributed by atoms with Gasteiger partial charge in [-0.25, -0.2) is 4.79 Å². The second-order valence-corrected chi connectivity index (χ2v) is 21.8. The zero-order valence-electron chi connectivity index (χ0n) is 45.5. The Hall–Kier alpha value is -5.91. The van der Waals surface area contributed by atoms with Crippen molar-refractivity contribution in [3.8, 4) is 0 Å². The molecule has 75 heavy (non-hydrogen) atoms. The number of rotatable bonds is 30. The van der Waals surface area contributed by atoms with Crippen molar-refractivity contribution in [3.63, 3.8) is 0 Å². The van der Waals surface area contributed by atoms with Gasteiger partial charge in [-0.1, -0.05) is 55.4 Å². The molecule has 12 N–H and O–H groups in total. The molecule has 0 aromatic rings. The number of nitrogens with two attached hydrogens (primary N) is 1. The van der Waals surface area contributed by atoms with E-state index in [0.717, 1.165) is 6.42 Å². The van der Waals surface area contributed by atoms with Gasteiger partial charge in [-0.3, -0.25) is 47.9 Å². The van der Waals surface area contributed by atoms with E-state index in [2.05, 4.69) is 42.5 Å². The van der Waals surface area contributed by atoms with Crippen LogP contribution < -0.4 is 48.3 Å². The summed E-state index contributed by atoms with van der Waals surface area (Å²) < 4.78 is 0. The van der Waals surface area contributed by atoms with Crippen LogP contribution in [0.2, 0.25) is 0 Å². The fourth-order valence-corrected chi connectivity index (χ4v) is 9.60. The lowest BCUT2D eigenvalue weighted by Gasteiger charge is -2.33. The number of aliphatic carboxylic acids is 2. The average Bonchev–Trinajstić information content (AvgIpc) is 4.15. The summed E-state index contributed by atoms with van der Waals surface area (Å²) in [6.07, 6.45) is 3.44. The summed E-state index contributed by atoms with van der Waals surface area (Å²) in [6.45, 7) is 16.9. The Balaban J connectivity index is 1.74. The first-order valence-corrected chi connectivity index (χ1v) is 26.9. The first-order chi connectivity index (χ1) is 35.3. The minimum atomic E-state index is -1.41. The lowest BCUT2D eigenvalue weighted by atomic mass is 9.98. The zero-order valence-corrected chi connectivity index (χ0v) is 45.5. The molecule has 0 unspecified atom stereocenters. The predicted molar refractivity (Wildman–Crippen MR) is 276 cm³/mol. The molecular weight excluding hydrogens is 975 g/mol. The van der Waals surface area contributed by atoms with E-state index >= 15 is 0 Å². The van der Waals surface area contributed by atoms with Crippen molar-refractivity contribution >= 4 is 65.1 Å². The Bertz CT molecular complexity index is 2010. The lowest BCUT2D eigenvalue weighted by molar-refractivity contribution is -0.145. The van der Waals surface area contributed by atoms with Gasteiger partial charge in [-0.05, 0) is 121 Å². The Morgan fingerprint density at radius 2 is 1.05 bits per heavy atom. The van der Waals surface area contributed by atoms with Crippen LogP contribution in [0.5, 0.6) is 0 Å². The molecule has 0 bridgehead atoms. The molecule has 9 amide bonds. The monoisotopic (exact) mass is 1060 g/mol. The summed E-state index contributed by atoms with van der Waals surface area (Å²) >= 11 is 0. The van der Waals surface area contributed by atoms with Crippen LogP contribution in [-0.4, -0.2) is 172 Å². The van der Waals surface area contributed by atoms with Gasteiger partial charge in [0.15, 0.2) is 0 Å². The molecule has 0 radical (unpaired) electrons. The van der Waals surface area contributed by atoms with Gasteiger partial charge >= 0.3 is 11.9 Å². The van der Waals surface area contributed by atoms with Crippen molar-refractivity contribution in [2.75, 3.05) is 26.2 Å². The minimum Gasteiger partial charge on any atom is -0.481 e. The van der Waals surface area contributed by atoms with Gasteiger partial charge in [-0.15, -0.1) is 0 Å². The van der Waals surface area contributed by atoms with Gasteiger partial charge in [0.1, 0.15) is 54.4 Å². The SMILES string of the molecule is CC(C)C[C@H](NC(=O)[C@@H]1CCCN1)C(=O)N[C@@H](C)C(=O)N[C@@H](CCC(=O)O)C(=O)N1CCC[C@H]1C(=O)N[C@H](C(=O)N1CCC[C@H]1C(=O)N[C@@H](CC(C)C)C(=O)N[C@H](C(=O)N[C@@H](CCCCN)C(=O)O)C(C)C)C(C)C. The van der Waals surface area contributed by atoms with Gasteiger partial charge in [0.25, 0.3) is 0 Å². The topological polar surface area (TPSA) is 357 Å². The highest BCUT2D eigenvalue weighted by molar-refractivity contribution is 5.99. The molecule has 0 aromatic heterocycles.